The summed E-state index contributed by atoms with van der Waals surface area (Å²) in [5.41, 5.74) is 1.95. The predicted molar refractivity (Wildman–Crippen MR) is 148 cm³/mol. The third kappa shape index (κ3) is 4.62. The smallest absolute Gasteiger partial charge is 0.229 e. The van der Waals surface area contributed by atoms with Crippen molar-refractivity contribution in [2.45, 2.75) is 69.6 Å². The van der Waals surface area contributed by atoms with Gasteiger partial charge in [-0.05, 0) is 94.3 Å². The lowest BCUT2D eigenvalue weighted by Gasteiger charge is -2.43. The maximum atomic E-state index is 13.0. The van der Waals surface area contributed by atoms with E-state index in [1.54, 1.807) is 6.20 Å². The fraction of sp³-hybridized carbons (Fsp3) is 0.552. The first-order chi connectivity index (χ1) is 18.2. The average Bonchev–Trinajstić information content (AvgIpc) is 3.40. The van der Waals surface area contributed by atoms with Gasteiger partial charge in [-0.15, -0.1) is 0 Å². The molecule has 202 valence electrons. The molecule has 0 radical (unpaired) electrons. The summed E-state index contributed by atoms with van der Waals surface area (Å²) in [7, 11) is 0. The zero-order valence-electron chi connectivity index (χ0n) is 22.2. The van der Waals surface area contributed by atoms with E-state index in [4.69, 9.17) is 16.3 Å². The molecule has 0 unspecified atom stereocenters. The number of likely N-dealkylation sites (tertiary alicyclic amines) is 1. The summed E-state index contributed by atoms with van der Waals surface area (Å²) in [6.45, 7) is 9.07. The van der Waals surface area contributed by atoms with Crippen LogP contribution in [0.5, 0.6) is 0 Å². The molecular weight excluding hydrogens is 502 g/mol. The molecule has 1 aliphatic carbocycles. The minimum absolute atomic E-state index is 0.00601. The monoisotopic (exact) mass is 537 g/mol. The van der Waals surface area contributed by atoms with E-state index in [9.17, 15) is 9.90 Å². The molecule has 3 fully saturated rings. The van der Waals surface area contributed by atoms with Crippen molar-refractivity contribution in [3.05, 3.63) is 52.9 Å². The number of aliphatic hydroxyl groups excluding tert-OH is 1. The van der Waals surface area contributed by atoms with Crippen LogP contribution < -0.4 is 5.32 Å². The topological polar surface area (TPSA) is 92.5 Å². The van der Waals surface area contributed by atoms with Gasteiger partial charge in [0.15, 0.2) is 0 Å². The lowest BCUT2D eigenvalue weighted by Crippen LogP contribution is -2.56. The number of ether oxygens (including phenoxy) is 1. The molecule has 38 heavy (non-hydrogen) atoms. The van der Waals surface area contributed by atoms with Crippen molar-refractivity contribution in [2.24, 2.45) is 5.92 Å². The van der Waals surface area contributed by atoms with Gasteiger partial charge in [0.1, 0.15) is 5.82 Å². The zero-order chi connectivity index (χ0) is 26.6. The fourth-order valence-corrected chi connectivity index (χ4v) is 6.63. The number of carbonyl (C=O) groups excluding carboxylic acids is 1. The van der Waals surface area contributed by atoms with Gasteiger partial charge in [0.05, 0.1) is 24.9 Å². The molecule has 0 spiro atoms. The summed E-state index contributed by atoms with van der Waals surface area (Å²) >= 11 is 6.75. The number of aromatic nitrogens is 3. The average molecular weight is 538 g/mol. The SMILES string of the molecule is CC(C)n1nccc1[C@@H]1C[C@H]1C(=O)Nc1cc2cc(C3CCN([C@@]4(C)COC[C@H]4O)CC3)c(Cl)cc2cn1. The number of pyridine rings is 1. The van der Waals surface area contributed by atoms with Gasteiger partial charge in [0.2, 0.25) is 5.91 Å². The number of rotatable bonds is 6. The molecule has 3 aliphatic rings. The Morgan fingerprint density at radius 3 is 2.74 bits per heavy atom. The Balaban J connectivity index is 1.14. The maximum absolute atomic E-state index is 13.0. The summed E-state index contributed by atoms with van der Waals surface area (Å²) in [6, 6.07) is 8.38. The van der Waals surface area contributed by atoms with Crippen LogP contribution in [0.15, 0.2) is 36.7 Å². The van der Waals surface area contributed by atoms with Gasteiger partial charge in [-0.2, -0.15) is 5.10 Å². The lowest BCUT2D eigenvalue weighted by atomic mass is 9.85. The first-order valence-electron chi connectivity index (χ1n) is 13.7. The van der Waals surface area contributed by atoms with Crippen molar-refractivity contribution in [3.63, 3.8) is 0 Å². The highest BCUT2D eigenvalue weighted by Crippen LogP contribution is 2.48. The van der Waals surface area contributed by atoms with Crippen molar-refractivity contribution >= 4 is 34.1 Å². The minimum atomic E-state index is -0.451. The molecule has 4 heterocycles. The van der Waals surface area contributed by atoms with Crippen molar-refractivity contribution in [2.75, 3.05) is 31.6 Å². The van der Waals surface area contributed by atoms with Crippen molar-refractivity contribution in [1.29, 1.82) is 0 Å². The summed E-state index contributed by atoms with van der Waals surface area (Å²) in [6.07, 6.45) is 5.92. The highest BCUT2D eigenvalue weighted by atomic mass is 35.5. The molecule has 8 nitrogen and oxygen atoms in total. The van der Waals surface area contributed by atoms with E-state index in [1.807, 2.05) is 29.1 Å². The number of amides is 1. The van der Waals surface area contributed by atoms with Crippen molar-refractivity contribution in [3.8, 4) is 0 Å². The highest BCUT2D eigenvalue weighted by Gasteiger charge is 2.46. The van der Waals surface area contributed by atoms with Gasteiger partial charge in [-0.25, -0.2) is 4.98 Å². The van der Waals surface area contributed by atoms with Crippen LogP contribution in [-0.4, -0.2) is 68.6 Å². The third-order valence-electron chi connectivity index (χ3n) is 8.83. The molecule has 9 heteroatoms. The second kappa shape index (κ2) is 9.90. The van der Waals surface area contributed by atoms with E-state index < -0.39 is 6.10 Å². The molecule has 4 atom stereocenters. The number of fused-ring (bicyclic) bond motifs is 1. The van der Waals surface area contributed by atoms with Crippen molar-refractivity contribution in [1.82, 2.24) is 19.7 Å². The Hall–Kier alpha value is -2.52. The Morgan fingerprint density at radius 2 is 2.03 bits per heavy atom. The number of hydrogen-bond acceptors (Lipinski definition) is 6. The molecule has 1 amide bonds. The number of anilines is 1. The first-order valence-corrected chi connectivity index (χ1v) is 14.1. The fourth-order valence-electron chi connectivity index (χ4n) is 6.30. The van der Waals surface area contributed by atoms with Gasteiger partial charge in [0, 0.05) is 46.4 Å². The number of nitrogens with one attached hydrogen (secondary N) is 1. The lowest BCUT2D eigenvalue weighted by molar-refractivity contribution is -0.117. The molecular formula is C29H36ClN5O3. The van der Waals surface area contributed by atoms with E-state index in [-0.39, 0.29) is 29.3 Å². The first kappa shape index (κ1) is 25.7. The molecule has 0 bridgehead atoms. The second-order valence-electron chi connectivity index (χ2n) is 11.7. The summed E-state index contributed by atoms with van der Waals surface area (Å²) in [5, 5.41) is 20.6. The van der Waals surface area contributed by atoms with Crippen LogP contribution in [0.25, 0.3) is 10.8 Å². The Bertz CT molecular complexity index is 1350. The standard InChI is InChI=1S/C29H36ClN5O3/c1-17(2)35-25(4-7-32-35)22-13-23(22)28(37)33-27-12-19-10-21(24(30)11-20(19)14-31-27)18-5-8-34(9-6-18)29(3)16-38-15-26(29)36/h4,7,10-12,14,17-18,22-23,26,36H,5-6,8-9,13,15-16H2,1-3H3,(H,31,33,37)/t22-,23-,26-,29+/m1/s1. The Kier molecular flexibility index (Phi) is 6.71. The van der Waals surface area contributed by atoms with Crippen LogP contribution >= 0.6 is 11.6 Å². The van der Waals surface area contributed by atoms with Crippen LogP contribution in [0.2, 0.25) is 5.02 Å². The Labute approximate surface area is 228 Å². The van der Waals surface area contributed by atoms with E-state index >= 15 is 0 Å². The molecule has 2 N–H and O–H groups in total. The van der Waals surface area contributed by atoms with Crippen LogP contribution in [-0.2, 0) is 9.53 Å². The molecule has 1 aromatic carbocycles. The van der Waals surface area contributed by atoms with E-state index in [0.29, 0.717) is 24.9 Å². The van der Waals surface area contributed by atoms with Gasteiger partial charge in [-0.3, -0.25) is 14.4 Å². The number of piperidine rings is 1. The van der Waals surface area contributed by atoms with Crippen LogP contribution in [0.1, 0.15) is 69.2 Å². The summed E-state index contributed by atoms with van der Waals surface area (Å²) in [5.74, 6) is 1.06. The molecule has 6 rings (SSSR count). The summed E-state index contributed by atoms with van der Waals surface area (Å²) in [4.78, 5) is 19.9. The van der Waals surface area contributed by atoms with Crippen LogP contribution in [0.3, 0.4) is 0 Å². The van der Waals surface area contributed by atoms with Gasteiger partial charge < -0.3 is 15.2 Å². The molecule has 1 saturated carbocycles. The van der Waals surface area contributed by atoms with Crippen LogP contribution in [0.4, 0.5) is 5.82 Å². The van der Waals surface area contributed by atoms with Gasteiger partial charge in [-0.1, -0.05) is 11.6 Å². The largest absolute Gasteiger partial charge is 0.389 e. The summed E-state index contributed by atoms with van der Waals surface area (Å²) < 4.78 is 7.55. The quantitative estimate of drug-likeness (QED) is 0.472. The molecule has 2 aliphatic heterocycles. The number of aliphatic hydroxyl groups is 1. The maximum Gasteiger partial charge on any atom is 0.229 e. The normalized spacial score (nSPS) is 28.3. The predicted octanol–water partition coefficient (Wildman–Crippen LogP) is 4.74. The van der Waals surface area contributed by atoms with E-state index in [2.05, 4.69) is 47.1 Å². The van der Waals surface area contributed by atoms with Crippen molar-refractivity contribution < 1.29 is 14.6 Å². The minimum Gasteiger partial charge on any atom is -0.389 e. The van der Waals surface area contributed by atoms with E-state index in [0.717, 1.165) is 59.4 Å². The molecule has 2 aromatic heterocycles. The number of hydrogen-bond donors (Lipinski definition) is 2. The Morgan fingerprint density at radius 1 is 1.24 bits per heavy atom. The van der Waals surface area contributed by atoms with E-state index in [1.165, 1.54) is 0 Å². The van der Waals surface area contributed by atoms with Gasteiger partial charge >= 0.3 is 0 Å². The van der Waals surface area contributed by atoms with Gasteiger partial charge in [0.25, 0.3) is 0 Å². The highest BCUT2D eigenvalue weighted by molar-refractivity contribution is 6.32. The number of nitrogens with zero attached hydrogens (tertiary/aromatic N) is 4. The molecule has 2 saturated heterocycles. The number of benzene rings is 1. The number of carbonyl (C=O) groups is 1. The second-order valence-corrected chi connectivity index (χ2v) is 12.1. The molecule has 3 aromatic rings. The van der Waals surface area contributed by atoms with Crippen LogP contribution in [0, 0.1) is 5.92 Å². The number of halogens is 1. The zero-order valence-corrected chi connectivity index (χ0v) is 23.0. The third-order valence-corrected chi connectivity index (χ3v) is 9.16.